The third-order valence-corrected chi connectivity index (χ3v) is 3.82. The number of esters is 1. The lowest BCUT2D eigenvalue weighted by Gasteiger charge is -2.32. The van der Waals surface area contributed by atoms with Crippen molar-refractivity contribution in [3.05, 3.63) is 17.8 Å². The van der Waals surface area contributed by atoms with Gasteiger partial charge in [0.1, 0.15) is 5.82 Å². The molecule has 6 nitrogen and oxygen atoms in total. The molecule has 0 aliphatic carbocycles. The molecule has 0 bridgehead atoms. The van der Waals surface area contributed by atoms with Gasteiger partial charge < -0.3 is 20.7 Å². The first-order valence-electron chi connectivity index (χ1n) is 6.90. The van der Waals surface area contributed by atoms with Crippen LogP contribution in [-0.2, 0) is 4.74 Å². The number of hydrogen-bond donors (Lipinski definition) is 2. The maximum absolute atomic E-state index is 11.6. The minimum Gasteiger partial charge on any atom is -0.465 e. The van der Waals surface area contributed by atoms with E-state index in [4.69, 9.17) is 10.5 Å². The maximum Gasteiger partial charge on any atom is 0.340 e. The molecule has 2 heterocycles. The van der Waals surface area contributed by atoms with Gasteiger partial charge in [-0.1, -0.05) is 6.42 Å². The van der Waals surface area contributed by atoms with Crippen molar-refractivity contribution in [3.63, 3.8) is 0 Å². The molecule has 1 aliphatic heterocycles. The standard InChI is InChI=1S/C14H22N4O2/c1-18-8-4-3-5-10(18)9-17-13-12(15)11(6-7-16-13)14(19)20-2/h6-7,10H,3-5,8-9,15H2,1-2H3,(H,16,17). The molecule has 20 heavy (non-hydrogen) atoms. The van der Waals surface area contributed by atoms with Gasteiger partial charge in [-0.2, -0.15) is 0 Å². The minimum absolute atomic E-state index is 0.345. The normalized spacial score (nSPS) is 19.6. The first-order chi connectivity index (χ1) is 9.63. The van der Waals surface area contributed by atoms with E-state index in [2.05, 4.69) is 22.2 Å². The van der Waals surface area contributed by atoms with Gasteiger partial charge in [0.25, 0.3) is 0 Å². The summed E-state index contributed by atoms with van der Waals surface area (Å²) in [5.74, 6) is 0.106. The van der Waals surface area contributed by atoms with Crippen LogP contribution in [0.15, 0.2) is 12.3 Å². The third-order valence-electron chi connectivity index (χ3n) is 3.82. The van der Waals surface area contributed by atoms with Crippen molar-refractivity contribution in [2.24, 2.45) is 0 Å². The molecule has 1 atom stereocenters. The smallest absolute Gasteiger partial charge is 0.340 e. The first-order valence-corrected chi connectivity index (χ1v) is 6.90. The second-order valence-corrected chi connectivity index (χ2v) is 5.12. The Morgan fingerprint density at radius 3 is 3.10 bits per heavy atom. The largest absolute Gasteiger partial charge is 0.465 e. The molecule has 1 aliphatic rings. The lowest BCUT2D eigenvalue weighted by atomic mass is 10.0. The topological polar surface area (TPSA) is 80.5 Å². The monoisotopic (exact) mass is 278 g/mol. The Balaban J connectivity index is 2.04. The molecule has 0 saturated carbocycles. The predicted octanol–water partition coefficient (Wildman–Crippen LogP) is 1.35. The van der Waals surface area contributed by atoms with Gasteiger partial charge in [0.15, 0.2) is 0 Å². The molecule has 2 rings (SSSR count). The van der Waals surface area contributed by atoms with E-state index in [1.165, 1.54) is 26.4 Å². The number of nitrogens with one attached hydrogen (secondary N) is 1. The summed E-state index contributed by atoms with van der Waals surface area (Å²) in [6.45, 7) is 1.90. The Hall–Kier alpha value is -1.82. The van der Waals surface area contributed by atoms with Crippen LogP contribution in [0.5, 0.6) is 0 Å². The van der Waals surface area contributed by atoms with Crippen LogP contribution in [-0.4, -0.2) is 49.1 Å². The number of ether oxygens (including phenoxy) is 1. The number of carbonyl (C=O) groups excluding carboxylic acids is 1. The Labute approximate surface area is 119 Å². The van der Waals surface area contributed by atoms with Crippen molar-refractivity contribution in [1.82, 2.24) is 9.88 Å². The van der Waals surface area contributed by atoms with E-state index in [0.29, 0.717) is 23.1 Å². The second-order valence-electron chi connectivity index (χ2n) is 5.12. The Kier molecular flexibility index (Phi) is 4.79. The molecule has 0 amide bonds. The van der Waals surface area contributed by atoms with Gasteiger partial charge in [0, 0.05) is 18.8 Å². The molecule has 6 heteroatoms. The molecule has 1 fully saturated rings. The molecule has 1 unspecified atom stereocenters. The van der Waals surface area contributed by atoms with E-state index in [1.54, 1.807) is 12.3 Å². The number of nitrogens with zero attached hydrogens (tertiary/aromatic N) is 2. The van der Waals surface area contributed by atoms with Crippen LogP contribution in [0.25, 0.3) is 0 Å². The molecular formula is C14H22N4O2. The second kappa shape index (κ2) is 6.56. The van der Waals surface area contributed by atoms with Crippen molar-refractivity contribution < 1.29 is 9.53 Å². The molecule has 110 valence electrons. The van der Waals surface area contributed by atoms with Gasteiger partial charge in [0.05, 0.1) is 18.4 Å². The van der Waals surface area contributed by atoms with Crippen LogP contribution in [0.2, 0.25) is 0 Å². The number of nitrogen functional groups attached to an aromatic ring is 1. The van der Waals surface area contributed by atoms with E-state index in [-0.39, 0.29) is 0 Å². The van der Waals surface area contributed by atoms with Gasteiger partial charge in [-0.25, -0.2) is 9.78 Å². The highest BCUT2D eigenvalue weighted by Crippen LogP contribution is 2.22. The zero-order valence-corrected chi connectivity index (χ0v) is 12.1. The van der Waals surface area contributed by atoms with Crippen molar-refractivity contribution in [2.75, 3.05) is 38.3 Å². The third kappa shape index (κ3) is 3.19. The summed E-state index contributed by atoms with van der Waals surface area (Å²) in [5, 5.41) is 3.25. The minimum atomic E-state index is -0.442. The van der Waals surface area contributed by atoms with E-state index in [1.807, 2.05) is 0 Å². The number of nitrogens with two attached hydrogens (primary N) is 1. The number of rotatable bonds is 4. The molecular weight excluding hydrogens is 256 g/mol. The lowest BCUT2D eigenvalue weighted by molar-refractivity contribution is 0.0602. The quantitative estimate of drug-likeness (QED) is 0.809. The molecule has 3 N–H and O–H groups in total. The lowest BCUT2D eigenvalue weighted by Crippen LogP contribution is -2.41. The summed E-state index contributed by atoms with van der Waals surface area (Å²) < 4.78 is 4.70. The fourth-order valence-electron chi connectivity index (χ4n) is 2.52. The maximum atomic E-state index is 11.6. The predicted molar refractivity (Wildman–Crippen MR) is 78.7 cm³/mol. The van der Waals surface area contributed by atoms with Crippen molar-refractivity contribution in [1.29, 1.82) is 0 Å². The summed E-state index contributed by atoms with van der Waals surface area (Å²) in [6.07, 6.45) is 5.24. The van der Waals surface area contributed by atoms with E-state index >= 15 is 0 Å². The summed E-state index contributed by atoms with van der Waals surface area (Å²) >= 11 is 0. The summed E-state index contributed by atoms with van der Waals surface area (Å²) in [7, 11) is 3.47. The molecule has 0 radical (unpaired) electrons. The van der Waals surface area contributed by atoms with E-state index in [0.717, 1.165) is 13.1 Å². The number of pyridine rings is 1. The van der Waals surface area contributed by atoms with Gasteiger partial charge in [-0.3, -0.25) is 0 Å². The molecule has 0 aromatic carbocycles. The van der Waals surface area contributed by atoms with Crippen molar-refractivity contribution >= 4 is 17.5 Å². The van der Waals surface area contributed by atoms with Crippen LogP contribution in [0.3, 0.4) is 0 Å². The summed E-state index contributed by atoms with van der Waals surface area (Å²) in [5.41, 5.74) is 6.66. The number of carbonyl (C=O) groups is 1. The summed E-state index contributed by atoms with van der Waals surface area (Å²) in [6, 6.07) is 2.05. The van der Waals surface area contributed by atoms with E-state index < -0.39 is 5.97 Å². The fourth-order valence-corrected chi connectivity index (χ4v) is 2.52. The van der Waals surface area contributed by atoms with Crippen LogP contribution in [0, 0.1) is 0 Å². The van der Waals surface area contributed by atoms with Gasteiger partial charge in [-0.15, -0.1) is 0 Å². The molecule has 1 aromatic rings. The SMILES string of the molecule is COC(=O)c1ccnc(NCC2CCCCN2C)c1N. The average Bonchev–Trinajstić information content (AvgIpc) is 2.47. The van der Waals surface area contributed by atoms with Gasteiger partial charge in [0.2, 0.25) is 0 Å². The molecule has 0 spiro atoms. The molecule has 1 aromatic heterocycles. The fraction of sp³-hybridized carbons (Fsp3) is 0.571. The number of aromatic nitrogens is 1. The highest BCUT2D eigenvalue weighted by atomic mass is 16.5. The Morgan fingerprint density at radius 1 is 1.60 bits per heavy atom. The number of anilines is 2. The zero-order chi connectivity index (χ0) is 14.5. The zero-order valence-electron chi connectivity index (χ0n) is 12.1. The van der Waals surface area contributed by atoms with E-state index in [9.17, 15) is 4.79 Å². The van der Waals surface area contributed by atoms with Gasteiger partial charge >= 0.3 is 5.97 Å². The highest BCUT2D eigenvalue weighted by Gasteiger charge is 2.20. The van der Waals surface area contributed by atoms with Crippen molar-refractivity contribution in [3.8, 4) is 0 Å². The van der Waals surface area contributed by atoms with Crippen molar-refractivity contribution in [2.45, 2.75) is 25.3 Å². The number of likely N-dealkylation sites (tertiary alicyclic amines) is 1. The Morgan fingerprint density at radius 2 is 2.40 bits per heavy atom. The van der Waals surface area contributed by atoms with Gasteiger partial charge in [-0.05, 0) is 32.5 Å². The number of methoxy groups -OCH3 is 1. The number of hydrogen-bond acceptors (Lipinski definition) is 6. The number of piperidine rings is 1. The summed E-state index contributed by atoms with van der Waals surface area (Å²) in [4.78, 5) is 18.1. The van der Waals surface area contributed by atoms with Crippen LogP contribution in [0.1, 0.15) is 29.6 Å². The average molecular weight is 278 g/mol. The molecule has 1 saturated heterocycles. The number of likely N-dealkylation sites (N-methyl/N-ethyl adjacent to an activating group) is 1. The van der Waals surface area contributed by atoms with Crippen LogP contribution >= 0.6 is 0 Å². The van der Waals surface area contributed by atoms with Crippen LogP contribution < -0.4 is 11.1 Å². The Bertz CT molecular complexity index is 478. The highest BCUT2D eigenvalue weighted by molar-refractivity contribution is 5.97. The first kappa shape index (κ1) is 14.6. The van der Waals surface area contributed by atoms with Crippen LogP contribution in [0.4, 0.5) is 11.5 Å².